The van der Waals surface area contributed by atoms with E-state index in [2.05, 4.69) is 132 Å². The number of nitrogens with zero attached hydrogens (tertiary/aromatic N) is 4. The molecule has 7 aromatic carbocycles. The van der Waals surface area contributed by atoms with E-state index < -0.39 is 0 Å². The highest BCUT2D eigenvalue weighted by Gasteiger charge is 2.22. The molecule has 55 heavy (non-hydrogen) atoms. The predicted molar refractivity (Wildman–Crippen MR) is 226 cm³/mol. The molecule has 7 aromatic rings. The van der Waals surface area contributed by atoms with Gasteiger partial charge in [-0.25, -0.2) is 0 Å². The van der Waals surface area contributed by atoms with E-state index in [4.69, 9.17) is 0 Å². The molecule has 0 saturated carbocycles. The van der Waals surface area contributed by atoms with E-state index in [1.165, 1.54) is 0 Å². The van der Waals surface area contributed by atoms with Gasteiger partial charge < -0.3 is 24.9 Å². The van der Waals surface area contributed by atoms with Crippen LogP contribution < -0.4 is 14.7 Å². The van der Waals surface area contributed by atoms with Gasteiger partial charge >= 0.3 is 0 Å². The Morgan fingerprint density at radius 1 is 0.364 bits per heavy atom. The third-order valence-electron chi connectivity index (χ3n) is 9.73. The lowest BCUT2D eigenvalue weighted by Gasteiger charge is -2.33. The van der Waals surface area contributed by atoms with Crippen molar-refractivity contribution in [3.8, 4) is 0 Å². The second kappa shape index (κ2) is 16.6. The number of nitroso groups, excluding NO2 is 1. The number of aryl methyl sites for hydroxylation is 3. The van der Waals surface area contributed by atoms with Gasteiger partial charge in [0, 0.05) is 34.1 Å². The van der Waals surface area contributed by atoms with Crippen molar-refractivity contribution in [3.05, 3.63) is 202 Å². The fourth-order valence-electron chi connectivity index (χ4n) is 6.72. The van der Waals surface area contributed by atoms with Crippen LogP contribution in [-0.2, 0) is 19.8 Å². The first-order chi connectivity index (χ1) is 26.8. The van der Waals surface area contributed by atoms with E-state index in [1.54, 1.807) is 0 Å². The Morgan fingerprint density at radius 2 is 0.600 bits per heavy atom. The summed E-state index contributed by atoms with van der Waals surface area (Å²) in [4.78, 5) is 17.9. The van der Waals surface area contributed by atoms with Crippen LogP contribution in [0.1, 0.15) is 33.4 Å². The Labute approximate surface area is 323 Å². The second-order valence-electron chi connectivity index (χ2n) is 13.8. The van der Waals surface area contributed by atoms with Gasteiger partial charge in [-0.3, -0.25) is 0 Å². The summed E-state index contributed by atoms with van der Waals surface area (Å²) in [5, 5.41) is 22.9. The number of anilines is 9. The number of benzene rings is 7. The molecule has 0 aromatic heterocycles. The van der Waals surface area contributed by atoms with Crippen molar-refractivity contribution in [1.82, 2.24) is 0 Å². The van der Waals surface area contributed by atoms with Crippen molar-refractivity contribution >= 4 is 51.2 Å². The quantitative estimate of drug-likeness (QED) is 0.115. The number of hydrogen-bond donors (Lipinski definition) is 2. The fourth-order valence-corrected chi connectivity index (χ4v) is 6.72. The molecule has 0 atom stereocenters. The highest BCUT2D eigenvalue weighted by molar-refractivity contribution is 5.89. The van der Waals surface area contributed by atoms with Crippen LogP contribution in [0.5, 0.6) is 0 Å². The van der Waals surface area contributed by atoms with Crippen LogP contribution in [0.25, 0.3) is 0 Å². The Morgan fingerprint density at radius 3 is 0.836 bits per heavy atom. The standard InChI is InChI=1S/C48H44N4O3/c1-34-4-16-40(17-5-34)50(43-22-10-37(11-23-43)31-49-55)46-28-47(51(41-18-6-35(2)7-19-41)44-24-12-38(32-53)13-25-44)30-48(29-46)52(42-20-8-36(3)9-21-42)45-26-14-39(33-54)15-27-45/h4-30,53-54H,31-33H2,1-3H3. The number of hydrogen-bond acceptors (Lipinski definition) is 7. The predicted octanol–water partition coefficient (Wildman–Crippen LogP) is 12.3. The van der Waals surface area contributed by atoms with E-state index in [-0.39, 0.29) is 19.8 Å². The number of rotatable bonds is 13. The van der Waals surface area contributed by atoms with Gasteiger partial charge in [0.25, 0.3) is 0 Å². The molecule has 0 aliphatic carbocycles. The maximum absolute atomic E-state index is 11.2. The Bertz CT molecular complexity index is 2230. The summed E-state index contributed by atoms with van der Waals surface area (Å²) in [5.74, 6) is 0. The van der Waals surface area contributed by atoms with Gasteiger partial charge in [-0.2, -0.15) is 4.91 Å². The zero-order chi connectivity index (χ0) is 38.3. The average Bonchev–Trinajstić information content (AvgIpc) is 3.22. The molecule has 0 aliphatic rings. The molecular weight excluding hydrogens is 681 g/mol. The van der Waals surface area contributed by atoms with Crippen molar-refractivity contribution in [2.45, 2.75) is 40.5 Å². The van der Waals surface area contributed by atoms with Crippen molar-refractivity contribution in [2.75, 3.05) is 14.7 Å². The van der Waals surface area contributed by atoms with E-state index in [9.17, 15) is 15.1 Å². The average molecular weight is 725 g/mol. The first-order valence-electron chi connectivity index (χ1n) is 18.4. The van der Waals surface area contributed by atoms with Crippen molar-refractivity contribution in [3.63, 3.8) is 0 Å². The van der Waals surface area contributed by atoms with Crippen LogP contribution in [0.15, 0.2) is 169 Å². The van der Waals surface area contributed by atoms with Crippen molar-refractivity contribution in [1.29, 1.82) is 0 Å². The normalized spacial score (nSPS) is 10.9. The monoisotopic (exact) mass is 724 g/mol. The molecule has 0 fully saturated rings. The molecule has 0 amide bonds. The molecule has 0 aliphatic heterocycles. The summed E-state index contributed by atoms with van der Waals surface area (Å²) in [6.45, 7) is 6.26. The largest absolute Gasteiger partial charge is 0.392 e. The summed E-state index contributed by atoms with van der Waals surface area (Å²) in [6.07, 6.45) is 0. The molecule has 0 heterocycles. The zero-order valence-electron chi connectivity index (χ0n) is 31.3. The molecular formula is C48H44N4O3. The second-order valence-corrected chi connectivity index (χ2v) is 13.8. The van der Waals surface area contributed by atoms with Gasteiger partial charge in [0.15, 0.2) is 0 Å². The lowest BCUT2D eigenvalue weighted by atomic mass is 10.1. The summed E-state index contributed by atoms with van der Waals surface area (Å²) >= 11 is 0. The topological polar surface area (TPSA) is 79.6 Å². The van der Waals surface area contributed by atoms with Crippen molar-refractivity contribution < 1.29 is 10.2 Å². The molecule has 7 rings (SSSR count). The van der Waals surface area contributed by atoms with Gasteiger partial charge in [-0.15, -0.1) is 0 Å². The summed E-state index contributed by atoms with van der Waals surface area (Å²) in [6, 6.07) is 56.0. The van der Waals surface area contributed by atoms with Gasteiger partial charge in [0.1, 0.15) is 6.54 Å². The van der Waals surface area contributed by atoms with Gasteiger partial charge in [0.05, 0.1) is 30.3 Å². The fraction of sp³-hybridized carbons (Fsp3) is 0.125. The zero-order valence-corrected chi connectivity index (χ0v) is 31.3. The molecule has 0 bridgehead atoms. The molecule has 0 saturated heterocycles. The lowest BCUT2D eigenvalue weighted by Crippen LogP contribution is -2.16. The van der Waals surface area contributed by atoms with Gasteiger partial charge in [-0.05, 0) is 128 Å². The van der Waals surface area contributed by atoms with Crippen LogP contribution >= 0.6 is 0 Å². The summed E-state index contributed by atoms with van der Waals surface area (Å²) in [7, 11) is 0. The first kappa shape index (κ1) is 36.8. The smallest absolute Gasteiger partial charge is 0.106 e. The van der Waals surface area contributed by atoms with Crippen LogP contribution in [0.3, 0.4) is 0 Å². The van der Waals surface area contributed by atoms with E-state index in [0.717, 1.165) is 84.6 Å². The highest BCUT2D eigenvalue weighted by Crippen LogP contribution is 2.46. The first-order valence-corrected chi connectivity index (χ1v) is 18.4. The van der Waals surface area contributed by atoms with Crippen LogP contribution in [-0.4, -0.2) is 10.2 Å². The Balaban J connectivity index is 1.53. The molecule has 7 heteroatoms. The third-order valence-corrected chi connectivity index (χ3v) is 9.73. The highest BCUT2D eigenvalue weighted by atomic mass is 16.3. The lowest BCUT2D eigenvalue weighted by molar-refractivity contribution is 0.281. The van der Waals surface area contributed by atoms with Crippen LogP contribution in [0.2, 0.25) is 0 Å². The minimum Gasteiger partial charge on any atom is -0.392 e. The van der Waals surface area contributed by atoms with Gasteiger partial charge in [0.2, 0.25) is 0 Å². The third kappa shape index (κ3) is 8.34. The molecule has 7 nitrogen and oxygen atoms in total. The molecule has 0 spiro atoms. The van der Waals surface area contributed by atoms with E-state index >= 15 is 0 Å². The number of aliphatic hydroxyl groups excluding tert-OH is 2. The molecule has 0 radical (unpaired) electrons. The molecule has 274 valence electrons. The van der Waals surface area contributed by atoms with E-state index in [1.807, 2.05) is 72.8 Å². The number of aliphatic hydroxyl groups is 2. The molecule has 2 N–H and O–H groups in total. The maximum Gasteiger partial charge on any atom is 0.106 e. The van der Waals surface area contributed by atoms with Crippen LogP contribution in [0, 0.1) is 25.7 Å². The Kier molecular flexibility index (Phi) is 11.1. The minimum atomic E-state index is -0.0434. The Hall–Kier alpha value is -6.54. The van der Waals surface area contributed by atoms with Crippen molar-refractivity contribution in [2.24, 2.45) is 5.18 Å². The molecule has 0 unspecified atom stereocenters. The minimum absolute atomic E-state index is 0.0434. The van der Waals surface area contributed by atoms with Gasteiger partial charge in [-0.1, -0.05) is 94.7 Å². The SMILES string of the molecule is Cc1ccc(N(c2ccc(CO)cc2)c2cc(N(c3ccc(C)cc3)c3ccc(CO)cc3)cc(N(c3ccc(C)cc3)c3ccc(CN=O)cc3)c2)cc1. The van der Waals surface area contributed by atoms with E-state index in [0.29, 0.717) is 0 Å². The summed E-state index contributed by atoms with van der Waals surface area (Å²) in [5.41, 5.74) is 14.4. The van der Waals surface area contributed by atoms with Crippen LogP contribution in [0.4, 0.5) is 51.2 Å². The summed E-state index contributed by atoms with van der Waals surface area (Å²) < 4.78 is 0. The maximum atomic E-state index is 11.2.